The number of carbonyl (C=O) groups is 2. The number of piperidine rings is 1. The molecule has 7 nitrogen and oxygen atoms in total. The lowest BCUT2D eigenvalue weighted by Crippen LogP contribution is -2.29. The number of carbonyl (C=O) groups excluding carboxylic acids is 1. The van der Waals surface area contributed by atoms with E-state index >= 15 is 0 Å². The van der Waals surface area contributed by atoms with Crippen LogP contribution in [-0.4, -0.2) is 47.4 Å². The standard InChI is InChI=1S/C36H37F3N4O3S/c37-36(38,39)28-9-5-6-25(21-28)12-15-40-29-13-16-41-33(22-29)31-23-30(43-17-2-1-3-18-43)10-11-32(31)42-35(46)27-8-4-7-26(20-27)24-47-19-14-34(44)45/h4-11,13,16,20-23H,1-3,12,14-15,17-19,24H2,(H,40,41)(H,42,46)(H,44,45). The number of nitrogens with one attached hydrogen (secondary N) is 2. The normalized spacial score (nSPS) is 13.3. The first kappa shape index (κ1) is 33.8. The summed E-state index contributed by atoms with van der Waals surface area (Å²) in [5.41, 5.74) is 5.15. The van der Waals surface area contributed by atoms with Crippen LogP contribution in [0.1, 0.15) is 52.7 Å². The highest BCUT2D eigenvalue weighted by Gasteiger charge is 2.30. The molecule has 1 aliphatic heterocycles. The zero-order chi connectivity index (χ0) is 33.2. The number of rotatable bonds is 13. The van der Waals surface area contributed by atoms with E-state index in [0.717, 1.165) is 54.5 Å². The number of pyridine rings is 1. The number of alkyl halides is 3. The Morgan fingerprint density at radius 3 is 2.49 bits per heavy atom. The van der Waals surface area contributed by atoms with E-state index in [1.807, 2.05) is 48.5 Å². The quantitative estimate of drug-likeness (QED) is 0.124. The largest absolute Gasteiger partial charge is 0.481 e. The van der Waals surface area contributed by atoms with Crippen LogP contribution in [0.2, 0.25) is 0 Å². The maximum absolute atomic E-state index is 13.5. The molecule has 1 aromatic heterocycles. The van der Waals surface area contributed by atoms with Gasteiger partial charge in [0.1, 0.15) is 0 Å². The molecule has 0 aliphatic carbocycles. The molecular formula is C36H37F3N4O3S. The van der Waals surface area contributed by atoms with Crippen molar-refractivity contribution in [2.75, 3.05) is 40.9 Å². The second-order valence-electron chi connectivity index (χ2n) is 11.4. The fourth-order valence-electron chi connectivity index (χ4n) is 5.49. The molecule has 0 spiro atoms. The number of halogens is 3. The molecule has 1 aliphatic rings. The van der Waals surface area contributed by atoms with Gasteiger partial charge in [-0.1, -0.05) is 30.3 Å². The second-order valence-corrected chi connectivity index (χ2v) is 12.5. The molecule has 0 radical (unpaired) electrons. The van der Waals surface area contributed by atoms with E-state index in [-0.39, 0.29) is 12.3 Å². The van der Waals surface area contributed by atoms with Crippen molar-refractivity contribution in [1.29, 1.82) is 0 Å². The van der Waals surface area contributed by atoms with Crippen LogP contribution in [0, 0.1) is 0 Å². The molecule has 2 heterocycles. The van der Waals surface area contributed by atoms with E-state index in [4.69, 9.17) is 5.11 Å². The number of aliphatic carboxylic acids is 1. The maximum atomic E-state index is 13.5. The maximum Gasteiger partial charge on any atom is 0.416 e. The lowest BCUT2D eigenvalue weighted by molar-refractivity contribution is -0.138. The van der Waals surface area contributed by atoms with Gasteiger partial charge in [0.05, 0.1) is 23.4 Å². The second kappa shape index (κ2) is 15.9. The number of carboxylic acids is 1. The van der Waals surface area contributed by atoms with Crippen molar-refractivity contribution in [1.82, 2.24) is 4.98 Å². The first-order valence-electron chi connectivity index (χ1n) is 15.6. The summed E-state index contributed by atoms with van der Waals surface area (Å²) in [6.07, 6.45) is 1.21. The molecule has 4 aromatic rings. The van der Waals surface area contributed by atoms with Crippen molar-refractivity contribution in [2.24, 2.45) is 0 Å². The Labute approximate surface area is 276 Å². The van der Waals surface area contributed by atoms with E-state index < -0.39 is 17.7 Å². The molecule has 1 saturated heterocycles. The molecule has 0 atom stereocenters. The summed E-state index contributed by atoms with van der Waals surface area (Å²) in [4.78, 5) is 31.3. The van der Waals surface area contributed by atoms with Crippen LogP contribution < -0.4 is 15.5 Å². The molecule has 246 valence electrons. The highest BCUT2D eigenvalue weighted by Crippen LogP contribution is 2.34. The van der Waals surface area contributed by atoms with E-state index in [1.54, 1.807) is 18.3 Å². The van der Waals surface area contributed by atoms with Crippen LogP contribution in [0.15, 0.2) is 85.1 Å². The van der Waals surface area contributed by atoms with Gasteiger partial charge in [-0.25, -0.2) is 0 Å². The summed E-state index contributed by atoms with van der Waals surface area (Å²) in [5.74, 6) is -0.0184. The summed E-state index contributed by atoms with van der Waals surface area (Å²) in [6.45, 7) is 2.33. The van der Waals surface area contributed by atoms with Gasteiger partial charge in [-0.2, -0.15) is 24.9 Å². The van der Waals surface area contributed by atoms with Gasteiger partial charge in [0.25, 0.3) is 5.91 Å². The van der Waals surface area contributed by atoms with Crippen LogP contribution in [0.3, 0.4) is 0 Å². The van der Waals surface area contributed by atoms with Crippen LogP contribution in [0.4, 0.5) is 30.2 Å². The summed E-state index contributed by atoms with van der Waals surface area (Å²) in [6, 6.07) is 22.3. The number of thioether (sulfide) groups is 1. The van der Waals surface area contributed by atoms with Gasteiger partial charge in [0.2, 0.25) is 0 Å². The topological polar surface area (TPSA) is 94.6 Å². The fraction of sp³-hybridized carbons (Fsp3) is 0.306. The van der Waals surface area contributed by atoms with Crippen molar-refractivity contribution >= 4 is 40.7 Å². The number of benzene rings is 3. The molecule has 1 fully saturated rings. The Kier molecular flexibility index (Phi) is 11.4. The average Bonchev–Trinajstić information content (AvgIpc) is 3.07. The molecule has 1 amide bonds. The Hall–Kier alpha value is -4.51. The minimum Gasteiger partial charge on any atom is -0.481 e. The van der Waals surface area contributed by atoms with Gasteiger partial charge in [0.15, 0.2) is 0 Å². The summed E-state index contributed by atoms with van der Waals surface area (Å²) in [7, 11) is 0. The van der Waals surface area contributed by atoms with Crippen molar-refractivity contribution < 1.29 is 27.9 Å². The monoisotopic (exact) mass is 662 g/mol. The Morgan fingerprint density at radius 1 is 0.915 bits per heavy atom. The molecular weight excluding hydrogens is 625 g/mol. The Morgan fingerprint density at radius 2 is 1.70 bits per heavy atom. The lowest BCUT2D eigenvalue weighted by Gasteiger charge is -2.29. The number of nitrogens with zero attached hydrogens (tertiary/aromatic N) is 2. The molecule has 0 bridgehead atoms. The average molecular weight is 663 g/mol. The Bertz CT molecular complexity index is 1690. The van der Waals surface area contributed by atoms with Gasteiger partial charge in [-0.15, -0.1) is 0 Å². The van der Waals surface area contributed by atoms with Crippen LogP contribution in [0.5, 0.6) is 0 Å². The number of carboxylic acid groups (broad SMARTS) is 1. The highest BCUT2D eigenvalue weighted by molar-refractivity contribution is 7.98. The first-order chi connectivity index (χ1) is 22.7. The number of amides is 1. The molecule has 47 heavy (non-hydrogen) atoms. The summed E-state index contributed by atoms with van der Waals surface area (Å²) < 4.78 is 39.4. The van der Waals surface area contributed by atoms with Crippen molar-refractivity contribution in [3.63, 3.8) is 0 Å². The van der Waals surface area contributed by atoms with Crippen LogP contribution in [-0.2, 0) is 23.1 Å². The minimum atomic E-state index is -4.38. The lowest BCUT2D eigenvalue weighted by atomic mass is 10.0. The fourth-order valence-corrected chi connectivity index (χ4v) is 6.37. The number of aromatic nitrogens is 1. The van der Waals surface area contributed by atoms with Crippen molar-refractivity contribution in [3.05, 3.63) is 107 Å². The van der Waals surface area contributed by atoms with Gasteiger partial charge in [-0.3, -0.25) is 14.6 Å². The molecule has 3 aromatic carbocycles. The van der Waals surface area contributed by atoms with E-state index in [0.29, 0.717) is 47.0 Å². The smallest absolute Gasteiger partial charge is 0.416 e. The molecule has 0 unspecified atom stereocenters. The molecule has 5 rings (SSSR count). The zero-order valence-corrected chi connectivity index (χ0v) is 26.7. The van der Waals surface area contributed by atoms with Crippen LogP contribution >= 0.6 is 11.8 Å². The predicted molar refractivity (Wildman–Crippen MR) is 182 cm³/mol. The molecule has 11 heteroatoms. The van der Waals surface area contributed by atoms with E-state index in [9.17, 15) is 22.8 Å². The summed E-state index contributed by atoms with van der Waals surface area (Å²) >= 11 is 1.50. The van der Waals surface area contributed by atoms with Gasteiger partial charge < -0.3 is 20.6 Å². The van der Waals surface area contributed by atoms with Crippen LogP contribution in [0.25, 0.3) is 11.3 Å². The van der Waals surface area contributed by atoms with Gasteiger partial charge in [-0.05, 0) is 85.3 Å². The predicted octanol–water partition coefficient (Wildman–Crippen LogP) is 8.37. The minimum absolute atomic E-state index is 0.0849. The number of anilines is 3. The highest BCUT2D eigenvalue weighted by atomic mass is 32.2. The van der Waals surface area contributed by atoms with Gasteiger partial charge in [0, 0.05) is 59.8 Å². The zero-order valence-electron chi connectivity index (χ0n) is 25.9. The summed E-state index contributed by atoms with van der Waals surface area (Å²) in [5, 5.41) is 15.3. The van der Waals surface area contributed by atoms with E-state index in [2.05, 4.69) is 20.5 Å². The molecule has 3 N–H and O–H groups in total. The SMILES string of the molecule is O=C(O)CCSCc1cccc(C(=O)Nc2ccc(N3CCCCC3)cc2-c2cc(NCCc3cccc(C(F)(F)F)c3)ccn2)c1. The number of hydrogen-bond donors (Lipinski definition) is 3. The van der Waals surface area contributed by atoms with Crippen molar-refractivity contribution in [3.8, 4) is 11.3 Å². The Balaban J connectivity index is 1.34. The third-order valence-corrected chi connectivity index (χ3v) is 8.95. The molecule has 0 saturated carbocycles. The third kappa shape index (κ3) is 9.74. The van der Waals surface area contributed by atoms with E-state index in [1.165, 1.54) is 30.3 Å². The van der Waals surface area contributed by atoms with Crippen molar-refractivity contribution in [2.45, 2.75) is 44.0 Å². The number of hydrogen-bond acceptors (Lipinski definition) is 6. The first-order valence-corrected chi connectivity index (χ1v) is 16.8. The third-order valence-electron chi connectivity index (χ3n) is 7.92. The van der Waals surface area contributed by atoms with Gasteiger partial charge >= 0.3 is 12.1 Å².